The molecule has 0 saturated carbocycles. The summed E-state index contributed by atoms with van der Waals surface area (Å²) in [5.74, 6) is -0.0288. The summed E-state index contributed by atoms with van der Waals surface area (Å²) in [5, 5.41) is 12.2. The number of aromatic hydroxyl groups is 1. The fraction of sp³-hybridized carbons (Fsp3) is 0.500. The van der Waals surface area contributed by atoms with Gasteiger partial charge in [0.15, 0.2) is 0 Å². The average Bonchev–Trinajstić information content (AvgIpc) is 2.44. The lowest BCUT2D eigenvalue weighted by Gasteiger charge is -2.26. The minimum Gasteiger partial charge on any atom is -0.508 e. The first-order valence-electron chi connectivity index (χ1n) is 6.63. The standard InChI is InChI=1S/C14H20N2O3/c17-13-4-1-3-12(11-13)14(18)15-5-2-6-16-7-9-19-10-8-16/h1,3-4,11,17H,2,5-10H2,(H,15,18). The van der Waals surface area contributed by atoms with E-state index in [2.05, 4.69) is 10.2 Å². The van der Waals surface area contributed by atoms with Crippen LogP contribution in [0.1, 0.15) is 16.8 Å². The molecule has 1 heterocycles. The van der Waals surface area contributed by atoms with Crippen molar-refractivity contribution in [3.8, 4) is 5.75 Å². The van der Waals surface area contributed by atoms with Crippen LogP contribution in [0.4, 0.5) is 0 Å². The van der Waals surface area contributed by atoms with Crippen LogP contribution in [-0.2, 0) is 4.74 Å². The normalized spacial score (nSPS) is 16.2. The third-order valence-electron chi connectivity index (χ3n) is 3.15. The zero-order chi connectivity index (χ0) is 13.5. The average molecular weight is 264 g/mol. The highest BCUT2D eigenvalue weighted by molar-refractivity contribution is 5.94. The van der Waals surface area contributed by atoms with Crippen molar-refractivity contribution in [1.29, 1.82) is 0 Å². The number of ether oxygens (including phenoxy) is 1. The smallest absolute Gasteiger partial charge is 0.251 e. The van der Waals surface area contributed by atoms with E-state index in [1.165, 1.54) is 6.07 Å². The highest BCUT2D eigenvalue weighted by Crippen LogP contribution is 2.10. The Kier molecular flexibility index (Phi) is 5.18. The zero-order valence-corrected chi connectivity index (χ0v) is 11.0. The molecule has 0 radical (unpaired) electrons. The van der Waals surface area contributed by atoms with Crippen molar-refractivity contribution < 1.29 is 14.6 Å². The summed E-state index contributed by atoms with van der Waals surface area (Å²) in [6.45, 7) is 5.17. The van der Waals surface area contributed by atoms with E-state index in [0.29, 0.717) is 12.1 Å². The Morgan fingerprint density at radius 1 is 1.37 bits per heavy atom. The number of phenolic OH excluding ortho intramolecular Hbond substituents is 1. The topological polar surface area (TPSA) is 61.8 Å². The van der Waals surface area contributed by atoms with Crippen LogP contribution in [-0.4, -0.2) is 55.3 Å². The van der Waals surface area contributed by atoms with Gasteiger partial charge in [-0.2, -0.15) is 0 Å². The van der Waals surface area contributed by atoms with Crippen molar-refractivity contribution in [2.45, 2.75) is 6.42 Å². The minimum absolute atomic E-state index is 0.112. The molecule has 1 aromatic carbocycles. The molecule has 2 rings (SSSR count). The molecule has 1 aliphatic heterocycles. The number of nitrogens with zero attached hydrogens (tertiary/aromatic N) is 1. The van der Waals surface area contributed by atoms with Crippen molar-refractivity contribution in [2.24, 2.45) is 0 Å². The molecule has 1 aliphatic rings. The largest absolute Gasteiger partial charge is 0.508 e. The van der Waals surface area contributed by atoms with Gasteiger partial charge in [0.1, 0.15) is 5.75 Å². The number of hydrogen-bond donors (Lipinski definition) is 2. The van der Waals surface area contributed by atoms with Gasteiger partial charge >= 0.3 is 0 Å². The van der Waals surface area contributed by atoms with Gasteiger partial charge in [-0.3, -0.25) is 9.69 Å². The lowest BCUT2D eigenvalue weighted by atomic mass is 10.2. The second-order valence-corrected chi connectivity index (χ2v) is 4.61. The molecule has 0 aliphatic carbocycles. The summed E-state index contributed by atoms with van der Waals surface area (Å²) in [4.78, 5) is 14.1. The Balaban J connectivity index is 1.66. The van der Waals surface area contributed by atoms with Gasteiger partial charge in [0.25, 0.3) is 5.91 Å². The number of phenols is 1. The molecule has 0 spiro atoms. The number of hydrogen-bond acceptors (Lipinski definition) is 4. The molecule has 5 heteroatoms. The first-order valence-corrected chi connectivity index (χ1v) is 6.63. The van der Waals surface area contributed by atoms with Gasteiger partial charge in [-0.1, -0.05) is 6.07 Å². The van der Waals surface area contributed by atoms with E-state index in [-0.39, 0.29) is 11.7 Å². The molecule has 19 heavy (non-hydrogen) atoms. The quantitative estimate of drug-likeness (QED) is 0.774. The molecule has 2 N–H and O–H groups in total. The Labute approximate surface area is 113 Å². The molecular formula is C14H20N2O3. The molecule has 0 aromatic heterocycles. The van der Waals surface area contributed by atoms with E-state index in [1.807, 2.05) is 0 Å². The van der Waals surface area contributed by atoms with Crippen LogP contribution in [0.25, 0.3) is 0 Å². The minimum atomic E-state index is -0.141. The van der Waals surface area contributed by atoms with Crippen LogP contribution in [0.3, 0.4) is 0 Å². The predicted octanol–water partition coefficient (Wildman–Crippen LogP) is 0.844. The Morgan fingerprint density at radius 2 is 2.16 bits per heavy atom. The summed E-state index contributed by atoms with van der Waals surface area (Å²) >= 11 is 0. The van der Waals surface area contributed by atoms with Crippen molar-refractivity contribution in [3.05, 3.63) is 29.8 Å². The highest BCUT2D eigenvalue weighted by Gasteiger charge is 2.10. The summed E-state index contributed by atoms with van der Waals surface area (Å²) in [6, 6.07) is 6.38. The second-order valence-electron chi connectivity index (χ2n) is 4.61. The third-order valence-corrected chi connectivity index (χ3v) is 3.15. The van der Waals surface area contributed by atoms with Crippen LogP contribution < -0.4 is 5.32 Å². The Bertz CT molecular complexity index is 417. The van der Waals surface area contributed by atoms with Crippen molar-refractivity contribution in [3.63, 3.8) is 0 Å². The lowest BCUT2D eigenvalue weighted by Crippen LogP contribution is -2.38. The van der Waals surface area contributed by atoms with E-state index in [9.17, 15) is 9.90 Å². The summed E-state index contributed by atoms with van der Waals surface area (Å²) in [7, 11) is 0. The van der Waals surface area contributed by atoms with Crippen LogP contribution in [0.2, 0.25) is 0 Å². The molecule has 1 saturated heterocycles. The molecule has 1 amide bonds. The first kappa shape index (κ1) is 13.8. The fourth-order valence-electron chi connectivity index (χ4n) is 2.08. The second kappa shape index (κ2) is 7.11. The van der Waals surface area contributed by atoms with E-state index >= 15 is 0 Å². The number of amides is 1. The number of carbonyl (C=O) groups excluding carboxylic acids is 1. The van der Waals surface area contributed by atoms with Gasteiger partial charge in [0.05, 0.1) is 13.2 Å². The molecule has 0 atom stereocenters. The van der Waals surface area contributed by atoms with Gasteiger partial charge in [-0.05, 0) is 31.2 Å². The zero-order valence-electron chi connectivity index (χ0n) is 11.0. The Morgan fingerprint density at radius 3 is 2.89 bits per heavy atom. The van der Waals surface area contributed by atoms with E-state index < -0.39 is 0 Å². The molecule has 5 nitrogen and oxygen atoms in total. The van der Waals surface area contributed by atoms with Crippen LogP contribution in [0.15, 0.2) is 24.3 Å². The number of morpholine rings is 1. The summed E-state index contributed by atoms with van der Waals surface area (Å²) in [5.41, 5.74) is 0.492. The molecule has 0 unspecified atom stereocenters. The maximum atomic E-state index is 11.8. The fourth-order valence-corrected chi connectivity index (χ4v) is 2.08. The Hall–Kier alpha value is -1.59. The van der Waals surface area contributed by atoms with E-state index in [4.69, 9.17) is 4.74 Å². The first-order chi connectivity index (χ1) is 9.25. The number of carbonyl (C=O) groups is 1. The lowest BCUT2D eigenvalue weighted by molar-refractivity contribution is 0.0374. The number of benzene rings is 1. The van der Waals surface area contributed by atoms with Crippen molar-refractivity contribution in [1.82, 2.24) is 10.2 Å². The highest BCUT2D eigenvalue weighted by atomic mass is 16.5. The van der Waals surface area contributed by atoms with E-state index in [0.717, 1.165) is 39.3 Å². The molecule has 1 fully saturated rings. The van der Waals surface area contributed by atoms with Crippen LogP contribution in [0, 0.1) is 0 Å². The molecule has 1 aromatic rings. The monoisotopic (exact) mass is 264 g/mol. The van der Waals surface area contributed by atoms with Gasteiger partial charge in [0, 0.05) is 25.2 Å². The molecule has 104 valence electrons. The van der Waals surface area contributed by atoms with Crippen LogP contribution >= 0.6 is 0 Å². The van der Waals surface area contributed by atoms with Crippen LogP contribution in [0.5, 0.6) is 5.75 Å². The van der Waals surface area contributed by atoms with E-state index in [1.54, 1.807) is 18.2 Å². The number of nitrogens with one attached hydrogen (secondary N) is 1. The van der Waals surface area contributed by atoms with Gasteiger partial charge < -0.3 is 15.2 Å². The van der Waals surface area contributed by atoms with Crippen molar-refractivity contribution in [2.75, 3.05) is 39.4 Å². The number of rotatable bonds is 5. The van der Waals surface area contributed by atoms with Gasteiger partial charge in [-0.25, -0.2) is 0 Å². The summed E-state index contributed by atoms with van der Waals surface area (Å²) in [6.07, 6.45) is 0.921. The predicted molar refractivity (Wildman–Crippen MR) is 72.3 cm³/mol. The maximum Gasteiger partial charge on any atom is 0.251 e. The van der Waals surface area contributed by atoms with Gasteiger partial charge in [0.2, 0.25) is 0 Å². The molecule has 0 bridgehead atoms. The summed E-state index contributed by atoms with van der Waals surface area (Å²) < 4.78 is 5.28. The van der Waals surface area contributed by atoms with Crippen molar-refractivity contribution >= 4 is 5.91 Å². The SMILES string of the molecule is O=C(NCCCN1CCOCC1)c1cccc(O)c1. The molecular weight excluding hydrogens is 244 g/mol. The van der Waals surface area contributed by atoms with Gasteiger partial charge in [-0.15, -0.1) is 0 Å². The maximum absolute atomic E-state index is 11.8. The third kappa shape index (κ3) is 4.54.